The van der Waals surface area contributed by atoms with Crippen LogP contribution in [0.3, 0.4) is 0 Å². The normalized spacial score (nSPS) is 19.0. The summed E-state index contributed by atoms with van der Waals surface area (Å²) in [6.07, 6.45) is 7.19. The molecule has 1 atom stereocenters. The fraction of sp³-hybridized carbons (Fsp3) is 0.389. The predicted molar refractivity (Wildman–Crippen MR) is 92.0 cm³/mol. The van der Waals surface area contributed by atoms with Crippen LogP contribution in [0.5, 0.6) is 6.01 Å². The number of fused-ring (bicyclic) bond motifs is 1. The summed E-state index contributed by atoms with van der Waals surface area (Å²) >= 11 is 0. The Balaban J connectivity index is 1.33. The molecule has 0 spiro atoms. The predicted octanol–water partition coefficient (Wildman–Crippen LogP) is 1.81. The fourth-order valence-corrected chi connectivity index (χ4v) is 3.31. The molecule has 1 saturated carbocycles. The van der Waals surface area contributed by atoms with Crippen molar-refractivity contribution in [1.29, 1.82) is 0 Å². The average Bonchev–Trinajstić information content (AvgIpc) is 3.24. The van der Waals surface area contributed by atoms with Gasteiger partial charge < -0.3 is 14.2 Å². The molecule has 1 unspecified atom stereocenters. The van der Waals surface area contributed by atoms with Crippen molar-refractivity contribution >= 4 is 5.91 Å². The van der Waals surface area contributed by atoms with Crippen LogP contribution >= 0.6 is 0 Å². The van der Waals surface area contributed by atoms with Gasteiger partial charge in [-0.25, -0.2) is 9.97 Å². The first kappa shape index (κ1) is 16.0. The van der Waals surface area contributed by atoms with Crippen LogP contribution in [0.1, 0.15) is 46.7 Å². The summed E-state index contributed by atoms with van der Waals surface area (Å²) in [5, 5.41) is 8.35. The summed E-state index contributed by atoms with van der Waals surface area (Å²) in [7, 11) is 0. The van der Waals surface area contributed by atoms with Gasteiger partial charge in [0.25, 0.3) is 5.91 Å². The maximum absolute atomic E-state index is 12.9. The molecule has 1 aliphatic carbocycles. The van der Waals surface area contributed by atoms with E-state index >= 15 is 0 Å². The third-order valence-electron chi connectivity index (χ3n) is 4.84. The molecule has 4 heterocycles. The second kappa shape index (κ2) is 6.49. The Kier molecular flexibility index (Phi) is 3.84. The van der Waals surface area contributed by atoms with Crippen molar-refractivity contribution < 1.29 is 14.1 Å². The summed E-state index contributed by atoms with van der Waals surface area (Å²) < 4.78 is 12.9. The Bertz CT molecular complexity index is 949. The molecule has 5 rings (SSSR count). The van der Waals surface area contributed by atoms with Crippen LogP contribution in [-0.4, -0.2) is 48.9 Å². The molecule has 138 valence electrons. The van der Waals surface area contributed by atoms with Gasteiger partial charge in [-0.3, -0.25) is 9.48 Å². The summed E-state index contributed by atoms with van der Waals surface area (Å²) in [4.78, 5) is 22.8. The van der Waals surface area contributed by atoms with Gasteiger partial charge in [0.1, 0.15) is 18.4 Å². The Morgan fingerprint density at radius 1 is 1.26 bits per heavy atom. The highest BCUT2D eigenvalue weighted by atomic mass is 16.5. The van der Waals surface area contributed by atoms with Gasteiger partial charge in [-0.05, 0) is 25.0 Å². The molecule has 0 saturated heterocycles. The van der Waals surface area contributed by atoms with Crippen LogP contribution in [0.25, 0.3) is 0 Å². The lowest BCUT2D eigenvalue weighted by Gasteiger charge is -2.33. The fourth-order valence-electron chi connectivity index (χ4n) is 3.31. The monoisotopic (exact) mass is 366 g/mol. The zero-order valence-corrected chi connectivity index (χ0v) is 14.6. The van der Waals surface area contributed by atoms with Gasteiger partial charge in [0.05, 0.1) is 12.2 Å². The summed E-state index contributed by atoms with van der Waals surface area (Å²) in [5.74, 6) is 1.09. The molecule has 0 N–H and O–H groups in total. The number of ether oxygens (including phenoxy) is 1. The van der Waals surface area contributed by atoms with Gasteiger partial charge in [-0.1, -0.05) is 5.16 Å². The van der Waals surface area contributed by atoms with E-state index in [1.165, 1.54) is 0 Å². The van der Waals surface area contributed by atoms with E-state index in [4.69, 9.17) is 9.26 Å². The topological polar surface area (TPSA) is 99.2 Å². The van der Waals surface area contributed by atoms with Gasteiger partial charge in [0.15, 0.2) is 5.69 Å². The molecule has 3 aromatic heterocycles. The Hall–Kier alpha value is -3.23. The third-order valence-corrected chi connectivity index (χ3v) is 4.84. The van der Waals surface area contributed by atoms with Crippen molar-refractivity contribution in [1.82, 2.24) is 29.8 Å². The van der Waals surface area contributed by atoms with Crippen molar-refractivity contribution in [2.24, 2.45) is 0 Å². The molecule has 0 radical (unpaired) electrons. The van der Waals surface area contributed by atoms with E-state index in [-0.39, 0.29) is 11.9 Å². The minimum atomic E-state index is -0.140. The second-order valence-electron chi connectivity index (χ2n) is 6.84. The van der Waals surface area contributed by atoms with E-state index in [1.807, 2.05) is 10.7 Å². The molecule has 9 nitrogen and oxygen atoms in total. The van der Waals surface area contributed by atoms with Crippen molar-refractivity contribution in [3.05, 3.63) is 53.9 Å². The van der Waals surface area contributed by atoms with Gasteiger partial charge in [-0.2, -0.15) is 5.10 Å². The lowest BCUT2D eigenvalue weighted by atomic mass is 10.2. The smallest absolute Gasteiger partial charge is 0.316 e. The molecule has 27 heavy (non-hydrogen) atoms. The molecule has 0 bridgehead atoms. The Morgan fingerprint density at radius 3 is 2.93 bits per heavy atom. The first-order valence-corrected chi connectivity index (χ1v) is 8.96. The van der Waals surface area contributed by atoms with Crippen LogP contribution in [-0.2, 0) is 6.54 Å². The van der Waals surface area contributed by atoms with Gasteiger partial charge in [-0.15, -0.1) is 0 Å². The lowest BCUT2D eigenvalue weighted by molar-refractivity contribution is 0.0619. The van der Waals surface area contributed by atoms with Crippen LogP contribution in [0.4, 0.5) is 0 Å². The van der Waals surface area contributed by atoms with E-state index in [0.717, 1.165) is 24.3 Å². The Labute approximate surface area is 155 Å². The first-order chi connectivity index (χ1) is 13.3. The molecule has 9 heteroatoms. The van der Waals surface area contributed by atoms with Gasteiger partial charge >= 0.3 is 6.01 Å². The first-order valence-electron chi connectivity index (χ1n) is 8.96. The molecule has 2 aliphatic rings. The zero-order valence-electron chi connectivity index (χ0n) is 14.6. The molecule has 3 aromatic rings. The summed E-state index contributed by atoms with van der Waals surface area (Å²) in [6.45, 7) is 1.25. The maximum atomic E-state index is 12.9. The van der Waals surface area contributed by atoms with Crippen LogP contribution in [0, 0.1) is 0 Å². The van der Waals surface area contributed by atoms with E-state index in [9.17, 15) is 4.79 Å². The minimum absolute atomic E-state index is 0.133. The highest BCUT2D eigenvalue weighted by Crippen LogP contribution is 2.40. The van der Waals surface area contributed by atoms with E-state index < -0.39 is 0 Å². The molecule has 1 amide bonds. The quantitative estimate of drug-likeness (QED) is 0.679. The molecular weight excluding hydrogens is 348 g/mol. The molecule has 1 aliphatic heterocycles. The number of rotatable bonds is 5. The van der Waals surface area contributed by atoms with Crippen LogP contribution in [0.15, 0.2) is 41.3 Å². The van der Waals surface area contributed by atoms with Crippen molar-refractivity contribution in [3.63, 3.8) is 0 Å². The lowest BCUT2D eigenvalue weighted by Crippen LogP contribution is -2.43. The SMILES string of the molecule is O=C(c1cc(C2CC2)on1)N1Cc2ccnn2C(COc2ncccn2)C1. The number of amides is 1. The molecular formula is C18H18N6O3. The minimum Gasteiger partial charge on any atom is -0.461 e. The largest absolute Gasteiger partial charge is 0.461 e. The van der Waals surface area contributed by atoms with E-state index in [0.29, 0.717) is 37.3 Å². The molecule has 1 fully saturated rings. The average molecular weight is 366 g/mol. The van der Waals surface area contributed by atoms with Crippen molar-refractivity contribution in [2.45, 2.75) is 31.3 Å². The second-order valence-corrected chi connectivity index (χ2v) is 6.84. The number of carbonyl (C=O) groups excluding carboxylic acids is 1. The summed E-state index contributed by atoms with van der Waals surface area (Å²) in [6, 6.07) is 5.58. The number of aromatic nitrogens is 5. The Morgan fingerprint density at radius 2 is 2.11 bits per heavy atom. The maximum Gasteiger partial charge on any atom is 0.316 e. The highest BCUT2D eigenvalue weighted by molar-refractivity contribution is 5.92. The van der Waals surface area contributed by atoms with Gasteiger partial charge in [0.2, 0.25) is 0 Å². The number of nitrogens with zero attached hydrogens (tertiary/aromatic N) is 6. The van der Waals surface area contributed by atoms with Crippen molar-refractivity contribution in [2.75, 3.05) is 13.2 Å². The zero-order chi connectivity index (χ0) is 18.2. The van der Waals surface area contributed by atoms with Crippen molar-refractivity contribution in [3.8, 4) is 6.01 Å². The summed E-state index contributed by atoms with van der Waals surface area (Å²) in [5.41, 5.74) is 1.30. The van der Waals surface area contributed by atoms with E-state index in [1.54, 1.807) is 35.6 Å². The number of hydrogen-bond donors (Lipinski definition) is 0. The molecule has 0 aromatic carbocycles. The van der Waals surface area contributed by atoms with E-state index in [2.05, 4.69) is 20.2 Å². The highest BCUT2D eigenvalue weighted by Gasteiger charge is 2.33. The van der Waals surface area contributed by atoms with Crippen LogP contribution in [0.2, 0.25) is 0 Å². The number of carbonyl (C=O) groups is 1. The third kappa shape index (κ3) is 3.16. The van der Waals surface area contributed by atoms with Gasteiger partial charge in [0, 0.05) is 37.1 Å². The van der Waals surface area contributed by atoms with Crippen LogP contribution < -0.4 is 4.74 Å². The number of hydrogen-bond acceptors (Lipinski definition) is 7. The standard InChI is InChI=1S/C18H18N6O3/c25-17(15-8-16(27-22-15)12-2-3-12)23-9-13-4-7-21-24(13)14(10-23)11-26-18-19-5-1-6-20-18/h1,4-8,12,14H,2-3,9-11H2.